The van der Waals surface area contributed by atoms with Gasteiger partial charge < -0.3 is 0 Å². The predicted molar refractivity (Wildman–Crippen MR) is 115 cm³/mol. The zero-order valence-corrected chi connectivity index (χ0v) is 17.4. The molecule has 1 aromatic carbocycles. The number of H-pyrrole nitrogens is 1. The zero-order valence-electron chi connectivity index (χ0n) is 17.4. The van der Waals surface area contributed by atoms with Crippen molar-refractivity contribution in [1.82, 2.24) is 40.4 Å². The van der Waals surface area contributed by atoms with Crippen LogP contribution in [0.2, 0.25) is 0 Å². The van der Waals surface area contributed by atoms with Crippen molar-refractivity contribution in [2.75, 3.05) is 0 Å². The molecule has 154 valence electrons. The molecule has 3 heterocycles. The van der Waals surface area contributed by atoms with Crippen molar-refractivity contribution in [3.8, 4) is 22.6 Å². The highest BCUT2D eigenvalue weighted by Crippen LogP contribution is 2.27. The van der Waals surface area contributed by atoms with Crippen molar-refractivity contribution >= 4 is 0 Å². The van der Waals surface area contributed by atoms with Crippen molar-refractivity contribution in [1.29, 1.82) is 0 Å². The first-order valence-corrected chi connectivity index (χ1v) is 10.5. The Labute approximate surface area is 175 Å². The zero-order chi connectivity index (χ0) is 20.8. The first-order chi connectivity index (χ1) is 14.8. The van der Waals surface area contributed by atoms with E-state index in [0.717, 1.165) is 67.1 Å². The molecule has 0 spiro atoms. The molecule has 3 aromatic heterocycles. The lowest BCUT2D eigenvalue weighted by molar-refractivity contribution is 0.569. The van der Waals surface area contributed by atoms with Gasteiger partial charge in [0.05, 0.1) is 5.69 Å². The Morgan fingerprint density at radius 1 is 1.03 bits per heavy atom. The minimum atomic E-state index is 0.606. The number of tetrazole rings is 1. The number of hydrogen-bond donors (Lipinski definition) is 1. The molecule has 30 heavy (non-hydrogen) atoms. The molecule has 0 atom stereocenters. The average molecular weight is 403 g/mol. The third-order valence-corrected chi connectivity index (χ3v) is 4.98. The molecule has 8 heteroatoms. The van der Waals surface area contributed by atoms with Gasteiger partial charge in [-0.1, -0.05) is 44.5 Å². The van der Waals surface area contributed by atoms with Crippen LogP contribution in [0, 0.1) is 0 Å². The molecule has 1 N–H and O–H groups in total. The molecule has 0 unspecified atom stereocenters. The lowest BCUT2D eigenvalue weighted by atomic mass is 10.0. The normalized spacial score (nSPS) is 11.1. The second kappa shape index (κ2) is 9.39. The molecule has 8 nitrogen and oxygen atoms in total. The first-order valence-electron chi connectivity index (χ1n) is 10.5. The Balaban J connectivity index is 1.56. The molecule has 0 aliphatic carbocycles. The van der Waals surface area contributed by atoms with Crippen LogP contribution in [0.25, 0.3) is 22.6 Å². The fourth-order valence-electron chi connectivity index (χ4n) is 3.45. The number of nitrogens with zero attached hydrogens (tertiary/aromatic N) is 7. The summed E-state index contributed by atoms with van der Waals surface area (Å²) in [5.41, 5.74) is 3.94. The molecular weight excluding hydrogens is 376 g/mol. The Hall–Kier alpha value is -3.42. The smallest absolute Gasteiger partial charge is 0.181 e. The topological polar surface area (TPSA) is 98.1 Å². The van der Waals surface area contributed by atoms with E-state index in [-0.39, 0.29) is 0 Å². The minimum Gasteiger partial charge on any atom is -0.255 e. The second-order valence-corrected chi connectivity index (χ2v) is 7.29. The van der Waals surface area contributed by atoms with Crippen molar-refractivity contribution < 1.29 is 0 Å². The van der Waals surface area contributed by atoms with Gasteiger partial charge in [-0.3, -0.25) is 4.98 Å². The van der Waals surface area contributed by atoms with Crippen LogP contribution in [0.3, 0.4) is 0 Å². The maximum atomic E-state index is 4.80. The summed E-state index contributed by atoms with van der Waals surface area (Å²) in [4.78, 5) is 9.35. The Morgan fingerprint density at radius 3 is 2.63 bits per heavy atom. The average Bonchev–Trinajstić information content (AvgIpc) is 3.44. The van der Waals surface area contributed by atoms with Crippen LogP contribution in [-0.2, 0) is 19.4 Å². The largest absolute Gasteiger partial charge is 0.255 e. The quantitative estimate of drug-likeness (QED) is 0.456. The predicted octanol–water partition coefficient (Wildman–Crippen LogP) is 3.86. The van der Waals surface area contributed by atoms with E-state index in [9.17, 15) is 0 Å². The number of benzene rings is 1. The summed E-state index contributed by atoms with van der Waals surface area (Å²) < 4.78 is 2.06. The molecule has 0 fully saturated rings. The van der Waals surface area contributed by atoms with E-state index < -0.39 is 0 Å². The van der Waals surface area contributed by atoms with E-state index >= 15 is 0 Å². The number of hydrogen-bond acceptors (Lipinski definition) is 6. The van der Waals surface area contributed by atoms with Crippen molar-refractivity contribution in [2.24, 2.45) is 0 Å². The summed E-state index contributed by atoms with van der Waals surface area (Å²) in [6.45, 7) is 5.26. The van der Waals surface area contributed by atoms with Crippen LogP contribution in [0.15, 0.2) is 42.6 Å². The highest BCUT2D eigenvalue weighted by atomic mass is 15.5. The Morgan fingerprint density at radius 2 is 1.90 bits per heavy atom. The van der Waals surface area contributed by atoms with Crippen molar-refractivity contribution in [3.05, 3.63) is 59.8 Å². The molecule has 0 bridgehead atoms. The van der Waals surface area contributed by atoms with Gasteiger partial charge in [0, 0.05) is 36.7 Å². The molecule has 0 saturated heterocycles. The maximum absolute atomic E-state index is 4.80. The standard InChI is InChI=1S/C22H26N8/c1-3-5-8-19-24-20(30(27-19)14-4-2)15-16-9-11-17(12-10-16)21-18(7-6-13-23-21)22-25-28-29-26-22/h6-7,9-13H,3-5,8,14-15H2,1-2H3,(H,25,26,28,29). The fourth-order valence-corrected chi connectivity index (χ4v) is 3.45. The van der Waals surface area contributed by atoms with Crippen molar-refractivity contribution in [2.45, 2.75) is 52.5 Å². The van der Waals surface area contributed by atoms with Crippen LogP contribution < -0.4 is 0 Å². The fraction of sp³-hybridized carbons (Fsp3) is 0.364. The third kappa shape index (κ3) is 4.42. The van der Waals surface area contributed by atoms with Crippen LogP contribution in [0.5, 0.6) is 0 Å². The molecule has 0 amide bonds. The van der Waals surface area contributed by atoms with Gasteiger partial charge in [-0.25, -0.2) is 14.8 Å². The Bertz CT molecular complexity index is 1070. The van der Waals surface area contributed by atoms with E-state index in [1.165, 1.54) is 5.56 Å². The number of rotatable bonds is 9. The van der Waals surface area contributed by atoms with E-state index in [4.69, 9.17) is 10.1 Å². The number of aromatic amines is 1. The molecule has 0 radical (unpaired) electrons. The lowest BCUT2D eigenvalue weighted by Gasteiger charge is -2.08. The number of nitrogens with one attached hydrogen (secondary N) is 1. The summed E-state index contributed by atoms with van der Waals surface area (Å²) in [6, 6.07) is 12.3. The maximum Gasteiger partial charge on any atom is 0.181 e. The molecule has 0 saturated carbocycles. The van der Waals surface area contributed by atoms with Gasteiger partial charge in [-0.2, -0.15) is 5.10 Å². The van der Waals surface area contributed by atoms with Crippen LogP contribution >= 0.6 is 0 Å². The minimum absolute atomic E-state index is 0.606. The molecule has 4 rings (SSSR count). The van der Waals surface area contributed by atoms with Gasteiger partial charge in [-0.15, -0.1) is 5.10 Å². The van der Waals surface area contributed by atoms with Crippen LogP contribution in [0.4, 0.5) is 0 Å². The number of pyridine rings is 1. The highest BCUT2D eigenvalue weighted by Gasteiger charge is 2.13. The van der Waals surface area contributed by atoms with E-state index in [0.29, 0.717) is 5.82 Å². The van der Waals surface area contributed by atoms with E-state index in [1.54, 1.807) is 6.20 Å². The molecule has 0 aliphatic rings. The monoisotopic (exact) mass is 402 g/mol. The van der Waals surface area contributed by atoms with E-state index in [1.807, 2.05) is 12.1 Å². The van der Waals surface area contributed by atoms with Gasteiger partial charge in [-0.05, 0) is 41.0 Å². The molecular formula is C22H26N8. The summed E-state index contributed by atoms with van der Waals surface area (Å²) >= 11 is 0. The summed E-state index contributed by atoms with van der Waals surface area (Å²) in [6.07, 6.45) is 6.80. The second-order valence-electron chi connectivity index (χ2n) is 7.29. The SMILES string of the molecule is CCCCc1nc(Cc2ccc(-c3ncccc3-c3nnn[nH]3)cc2)n(CCC)n1. The van der Waals surface area contributed by atoms with Crippen LogP contribution in [0.1, 0.15) is 50.3 Å². The summed E-state index contributed by atoms with van der Waals surface area (Å²) in [7, 11) is 0. The first kappa shape index (κ1) is 19.9. The van der Waals surface area contributed by atoms with Crippen molar-refractivity contribution in [3.63, 3.8) is 0 Å². The number of aryl methyl sites for hydroxylation is 2. The third-order valence-electron chi connectivity index (χ3n) is 4.98. The molecule has 4 aromatic rings. The number of aromatic nitrogens is 8. The van der Waals surface area contributed by atoms with E-state index in [2.05, 4.69) is 68.4 Å². The Kier molecular flexibility index (Phi) is 6.22. The van der Waals surface area contributed by atoms with Gasteiger partial charge in [0.15, 0.2) is 11.6 Å². The molecule has 0 aliphatic heterocycles. The summed E-state index contributed by atoms with van der Waals surface area (Å²) in [5, 5.41) is 18.9. The van der Waals surface area contributed by atoms with Gasteiger partial charge in [0.1, 0.15) is 5.82 Å². The van der Waals surface area contributed by atoms with Gasteiger partial charge in [0.2, 0.25) is 0 Å². The number of unbranched alkanes of at least 4 members (excludes halogenated alkanes) is 1. The highest BCUT2D eigenvalue weighted by molar-refractivity contribution is 5.76. The van der Waals surface area contributed by atoms with Gasteiger partial charge >= 0.3 is 0 Å². The lowest BCUT2D eigenvalue weighted by Crippen LogP contribution is -2.06. The van der Waals surface area contributed by atoms with Crippen LogP contribution in [-0.4, -0.2) is 40.4 Å². The summed E-state index contributed by atoms with van der Waals surface area (Å²) in [5.74, 6) is 2.59. The van der Waals surface area contributed by atoms with Gasteiger partial charge in [0.25, 0.3) is 0 Å².